The number of rotatable bonds is 6. The van der Waals surface area contributed by atoms with Crippen molar-refractivity contribution in [1.29, 1.82) is 0 Å². The van der Waals surface area contributed by atoms with E-state index >= 15 is 0 Å². The molecule has 0 unspecified atom stereocenters. The zero-order chi connectivity index (χ0) is 16.9. The lowest BCUT2D eigenvalue weighted by atomic mass is 10.0. The maximum Gasteiger partial charge on any atom is 0.413 e. The fraction of sp³-hybridized carbons (Fsp3) is 0.429. The van der Waals surface area contributed by atoms with E-state index in [9.17, 15) is 22.8 Å². The molecule has 1 amide bonds. The van der Waals surface area contributed by atoms with Crippen LogP contribution in [0.1, 0.15) is 30.9 Å². The molecule has 122 valence electrons. The third-order valence-electron chi connectivity index (χ3n) is 3.06. The van der Waals surface area contributed by atoms with E-state index in [0.29, 0.717) is 9.37 Å². The number of halogens is 4. The second-order valence-electron chi connectivity index (χ2n) is 4.75. The molecule has 22 heavy (non-hydrogen) atoms. The topological polar surface area (TPSA) is 57.6 Å². The molecule has 1 aromatic carbocycles. The molecule has 0 aromatic heterocycles. The zero-order valence-corrected chi connectivity index (χ0v) is 13.3. The Balaban J connectivity index is 2.90. The van der Waals surface area contributed by atoms with Crippen molar-refractivity contribution in [2.45, 2.75) is 31.5 Å². The van der Waals surface area contributed by atoms with Crippen LogP contribution in [0.2, 0.25) is 0 Å². The number of aliphatic carboxylic acids is 1. The highest BCUT2D eigenvalue weighted by Crippen LogP contribution is 2.37. The average molecular weight is 382 g/mol. The first-order valence-electron chi connectivity index (χ1n) is 6.42. The molecule has 0 fully saturated rings. The zero-order valence-electron chi connectivity index (χ0n) is 11.7. The van der Waals surface area contributed by atoms with Gasteiger partial charge in [0, 0.05) is 24.4 Å². The fourth-order valence-corrected chi connectivity index (χ4v) is 2.25. The summed E-state index contributed by atoms with van der Waals surface area (Å²) in [6.07, 6.45) is -5.12. The first kappa shape index (κ1) is 18.5. The highest BCUT2D eigenvalue weighted by molar-refractivity contribution is 9.10. The van der Waals surface area contributed by atoms with Gasteiger partial charge in [0.05, 0.1) is 0 Å². The van der Waals surface area contributed by atoms with E-state index in [4.69, 9.17) is 5.11 Å². The Morgan fingerprint density at radius 2 is 1.77 bits per heavy atom. The summed E-state index contributed by atoms with van der Waals surface area (Å²) >= 11 is 3.14. The molecular weight excluding hydrogens is 367 g/mol. The van der Waals surface area contributed by atoms with Crippen LogP contribution < -0.4 is 0 Å². The van der Waals surface area contributed by atoms with Crippen molar-refractivity contribution < 1.29 is 27.9 Å². The maximum absolute atomic E-state index is 13.3. The number of hydrogen-bond donors (Lipinski definition) is 1. The van der Waals surface area contributed by atoms with Crippen LogP contribution >= 0.6 is 15.9 Å². The fourth-order valence-electron chi connectivity index (χ4n) is 1.99. The average Bonchev–Trinajstić information content (AvgIpc) is 2.39. The number of hydrogen-bond acceptors (Lipinski definition) is 2. The summed E-state index contributed by atoms with van der Waals surface area (Å²) in [5.41, 5.74) is -0.0511. The molecular formula is C14H15BrF3NO3. The smallest absolute Gasteiger partial charge is 0.413 e. The number of carboxylic acid groups (broad SMARTS) is 1. The van der Waals surface area contributed by atoms with Gasteiger partial charge in [0.2, 0.25) is 5.91 Å². The molecule has 4 nitrogen and oxygen atoms in total. The van der Waals surface area contributed by atoms with Crippen LogP contribution in [-0.4, -0.2) is 35.1 Å². The molecule has 0 saturated heterocycles. The second kappa shape index (κ2) is 7.62. The molecule has 0 saturated carbocycles. The van der Waals surface area contributed by atoms with Gasteiger partial charge in [-0.3, -0.25) is 9.59 Å². The molecule has 1 N–H and O–H groups in total. The highest BCUT2D eigenvalue weighted by atomic mass is 79.9. The van der Waals surface area contributed by atoms with Gasteiger partial charge in [-0.2, -0.15) is 13.2 Å². The molecule has 0 aliphatic heterocycles. The van der Waals surface area contributed by atoms with Gasteiger partial charge < -0.3 is 10.0 Å². The molecule has 0 radical (unpaired) electrons. The molecule has 0 aliphatic carbocycles. The molecule has 0 heterocycles. The number of carbonyl (C=O) groups excluding carboxylic acids is 1. The number of carbonyl (C=O) groups is 2. The van der Waals surface area contributed by atoms with E-state index in [1.165, 1.54) is 24.3 Å². The monoisotopic (exact) mass is 381 g/mol. The van der Waals surface area contributed by atoms with E-state index in [1.807, 2.05) is 0 Å². The van der Waals surface area contributed by atoms with Gasteiger partial charge >= 0.3 is 12.1 Å². The summed E-state index contributed by atoms with van der Waals surface area (Å²) in [4.78, 5) is 22.9. The molecule has 1 atom stereocenters. The first-order valence-corrected chi connectivity index (χ1v) is 7.22. The summed E-state index contributed by atoms with van der Waals surface area (Å²) in [6, 6.07) is 3.47. The minimum atomic E-state index is -4.62. The third-order valence-corrected chi connectivity index (χ3v) is 3.59. The van der Waals surface area contributed by atoms with Crippen LogP contribution in [-0.2, 0) is 9.59 Å². The lowest BCUT2D eigenvalue weighted by Crippen LogP contribution is -2.39. The van der Waals surface area contributed by atoms with Crippen molar-refractivity contribution in [1.82, 2.24) is 4.90 Å². The van der Waals surface area contributed by atoms with Crippen LogP contribution in [0.3, 0.4) is 0 Å². The Labute approximate surface area is 134 Å². The predicted molar refractivity (Wildman–Crippen MR) is 77.2 cm³/mol. The van der Waals surface area contributed by atoms with Gasteiger partial charge in [-0.05, 0) is 24.1 Å². The van der Waals surface area contributed by atoms with Crippen molar-refractivity contribution in [3.8, 4) is 0 Å². The molecule has 0 spiro atoms. The Bertz CT molecular complexity index is 531. The first-order chi connectivity index (χ1) is 10.1. The van der Waals surface area contributed by atoms with Crippen molar-refractivity contribution in [2.75, 3.05) is 7.05 Å². The van der Waals surface area contributed by atoms with Crippen LogP contribution in [0.25, 0.3) is 0 Å². The van der Waals surface area contributed by atoms with Crippen LogP contribution in [0.4, 0.5) is 13.2 Å². The standard InChI is InChI=1S/C14H15BrF3NO3/c1-19(11(20)3-2-4-12(21)22)13(14(16,17)18)9-5-7-10(15)8-6-9/h5-8,13H,2-4H2,1H3,(H,21,22)/t13-/m0/s1. The lowest BCUT2D eigenvalue weighted by molar-refractivity contribution is -0.189. The summed E-state index contributed by atoms with van der Waals surface area (Å²) < 4.78 is 40.4. The van der Waals surface area contributed by atoms with Gasteiger partial charge in [-0.25, -0.2) is 0 Å². The Kier molecular flexibility index (Phi) is 6.40. The van der Waals surface area contributed by atoms with E-state index < -0.39 is 24.1 Å². The number of alkyl halides is 3. The van der Waals surface area contributed by atoms with Crippen molar-refractivity contribution >= 4 is 27.8 Å². The minimum Gasteiger partial charge on any atom is -0.481 e. The van der Waals surface area contributed by atoms with Crippen LogP contribution in [0, 0.1) is 0 Å². The maximum atomic E-state index is 13.3. The van der Waals surface area contributed by atoms with Crippen molar-refractivity contribution in [3.05, 3.63) is 34.3 Å². The quantitative estimate of drug-likeness (QED) is 0.815. The number of nitrogens with zero attached hydrogens (tertiary/aromatic N) is 1. The molecule has 1 rings (SSSR count). The van der Waals surface area contributed by atoms with E-state index in [-0.39, 0.29) is 24.8 Å². The van der Waals surface area contributed by atoms with E-state index in [2.05, 4.69) is 15.9 Å². The van der Waals surface area contributed by atoms with Gasteiger partial charge in [-0.15, -0.1) is 0 Å². The summed E-state index contributed by atoms with van der Waals surface area (Å²) in [7, 11) is 1.07. The number of benzene rings is 1. The van der Waals surface area contributed by atoms with Crippen molar-refractivity contribution in [3.63, 3.8) is 0 Å². The summed E-state index contributed by atoms with van der Waals surface area (Å²) in [6.45, 7) is 0. The highest BCUT2D eigenvalue weighted by Gasteiger charge is 2.44. The number of amides is 1. The van der Waals surface area contributed by atoms with Gasteiger partial charge in [0.25, 0.3) is 0 Å². The molecule has 0 aliphatic rings. The molecule has 0 bridgehead atoms. The third kappa shape index (κ3) is 5.32. The summed E-state index contributed by atoms with van der Waals surface area (Å²) in [5, 5.41) is 8.50. The Morgan fingerprint density at radius 3 is 2.23 bits per heavy atom. The van der Waals surface area contributed by atoms with Gasteiger partial charge in [-0.1, -0.05) is 28.1 Å². The largest absolute Gasteiger partial charge is 0.481 e. The summed E-state index contributed by atoms with van der Waals surface area (Å²) in [5.74, 6) is -1.83. The van der Waals surface area contributed by atoms with E-state index in [1.54, 1.807) is 0 Å². The lowest BCUT2D eigenvalue weighted by Gasteiger charge is -2.30. The number of carboxylic acids is 1. The molecule has 8 heteroatoms. The predicted octanol–water partition coefficient (Wildman–Crippen LogP) is 3.77. The van der Waals surface area contributed by atoms with E-state index in [0.717, 1.165) is 7.05 Å². The van der Waals surface area contributed by atoms with Gasteiger partial charge in [0.1, 0.15) is 0 Å². The Hall–Kier alpha value is -1.57. The minimum absolute atomic E-state index is 0.00339. The van der Waals surface area contributed by atoms with Gasteiger partial charge in [0.15, 0.2) is 6.04 Å². The van der Waals surface area contributed by atoms with Crippen LogP contribution in [0.5, 0.6) is 0 Å². The van der Waals surface area contributed by atoms with Crippen molar-refractivity contribution in [2.24, 2.45) is 0 Å². The second-order valence-corrected chi connectivity index (χ2v) is 5.66. The normalized spacial score (nSPS) is 12.8. The Morgan fingerprint density at radius 1 is 1.23 bits per heavy atom. The molecule has 1 aromatic rings. The SMILES string of the molecule is CN(C(=O)CCCC(=O)O)[C@@H](c1ccc(Br)cc1)C(F)(F)F. The van der Waals surface area contributed by atoms with Crippen LogP contribution in [0.15, 0.2) is 28.7 Å².